The van der Waals surface area contributed by atoms with Gasteiger partial charge in [0.15, 0.2) is 0 Å². The number of halogens is 2. The summed E-state index contributed by atoms with van der Waals surface area (Å²) in [6.45, 7) is 4.16. The van der Waals surface area contributed by atoms with E-state index in [-0.39, 0.29) is 11.8 Å². The molecule has 0 bridgehead atoms. The Hall–Kier alpha value is -1.19. The van der Waals surface area contributed by atoms with Crippen molar-refractivity contribution in [2.75, 3.05) is 5.73 Å². The van der Waals surface area contributed by atoms with Crippen LogP contribution in [0.1, 0.15) is 31.9 Å². The molecular formula is C13H14Cl2N2O. The molecule has 0 fully saturated rings. The van der Waals surface area contributed by atoms with Crippen LogP contribution < -0.4 is 5.73 Å². The molecule has 18 heavy (non-hydrogen) atoms. The molecule has 0 saturated carbocycles. The van der Waals surface area contributed by atoms with Crippen molar-refractivity contribution in [1.82, 2.24) is 5.16 Å². The highest BCUT2D eigenvalue weighted by atomic mass is 35.5. The second kappa shape index (κ2) is 5.21. The Balaban J connectivity index is 2.59. The Labute approximate surface area is 116 Å². The predicted octanol–water partition coefficient (Wildman–Crippen LogP) is 4.74. The summed E-state index contributed by atoms with van der Waals surface area (Å²) in [5.41, 5.74) is 8.26. The molecule has 1 unspecified atom stereocenters. The number of aromatic nitrogens is 1. The van der Waals surface area contributed by atoms with Crippen LogP contribution >= 0.6 is 23.2 Å². The van der Waals surface area contributed by atoms with Crippen molar-refractivity contribution in [3.05, 3.63) is 33.9 Å². The van der Waals surface area contributed by atoms with E-state index in [0.717, 1.165) is 23.2 Å². The largest absolute Gasteiger partial charge is 0.367 e. The Morgan fingerprint density at radius 2 is 2.11 bits per heavy atom. The summed E-state index contributed by atoms with van der Waals surface area (Å²) in [5.74, 6) is 0.544. The highest BCUT2D eigenvalue weighted by molar-refractivity contribution is 6.36. The van der Waals surface area contributed by atoms with Crippen molar-refractivity contribution < 1.29 is 4.52 Å². The first kappa shape index (κ1) is 13.2. The maximum absolute atomic E-state index is 6.20. The zero-order valence-corrected chi connectivity index (χ0v) is 11.7. The molecule has 0 aliphatic heterocycles. The lowest BCUT2D eigenvalue weighted by molar-refractivity contribution is 0.421. The lowest BCUT2D eigenvalue weighted by atomic mass is 9.96. The van der Waals surface area contributed by atoms with E-state index in [2.05, 4.69) is 19.0 Å². The number of anilines is 1. The van der Waals surface area contributed by atoms with E-state index in [1.165, 1.54) is 0 Å². The highest BCUT2D eigenvalue weighted by Crippen LogP contribution is 2.39. The average Bonchev–Trinajstić information content (AvgIpc) is 2.70. The summed E-state index contributed by atoms with van der Waals surface area (Å²) in [6, 6.07) is 5.29. The first-order chi connectivity index (χ1) is 8.54. The first-order valence-corrected chi connectivity index (χ1v) is 6.50. The third kappa shape index (κ3) is 2.33. The van der Waals surface area contributed by atoms with Crippen LogP contribution in [0.5, 0.6) is 0 Å². The van der Waals surface area contributed by atoms with Crippen molar-refractivity contribution in [3.8, 4) is 11.1 Å². The normalized spacial score (nSPS) is 12.7. The minimum absolute atomic E-state index is 0.257. The van der Waals surface area contributed by atoms with Crippen LogP contribution in [0.3, 0.4) is 0 Å². The molecule has 5 heteroatoms. The zero-order valence-electron chi connectivity index (χ0n) is 10.2. The highest BCUT2D eigenvalue weighted by Gasteiger charge is 2.21. The van der Waals surface area contributed by atoms with Crippen molar-refractivity contribution in [2.45, 2.75) is 26.2 Å². The van der Waals surface area contributed by atoms with Crippen LogP contribution in [0.15, 0.2) is 22.7 Å². The van der Waals surface area contributed by atoms with Crippen LogP contribution in [0.2, 0.25) is 10.0 Å². The van der Waals surface area contributed by atoms with Gasteiger partial charge in [-0.3, -0.25) is 0 Å². The van der Waals surface area contributed by atoms with Gasteiger partial charge in [0.2, 0.25) is 5.88 Å². The van der Waals surface area contributed by atoms with E-state index in [9.17, 15) is 0 Å². The van der Waals surface area contributed by atoms with Crippen LogP contribution in [0, 0.1) is 0 Å². The summed E-state index contributed by atoms with van der Waals surface area (Å²) in [5, 5.41) is 5.17. The third-order valence-corrected chi connectivity index (χ3v) is 3.57. The molecule has 2 rings (SSSR count). The second-order valence-corrected chi connectivity index (χ2v) is 5.08. The number of nitrogen functional groups attached to an aromatic ring is 1. The smallest absolute Gasteiger partial charge is 0.230 e. The molecular weight excluding hydrogens is 271 g/mol. The molecule has 0 amide bonds. The van der Waals surface area contributed by atoms with Gasteiger partial charge >= 0.3 is 0 Å². The van der Waals surface area contributed by atoms with Gasteiger partial charge in [-0.2, -0.15) is 0 Å². The lowest BCUT2D eigenvalue weighted by Gasteiger charge is -2.09. The third-order valence-electron chi connectivity index (χ3n) is 3.02. The Morgan fingerprint density at radius 3 is 2.72 bits per heavy atom. The molecule has 2 aromatic rings. The van der Waals surface area contributed by atoms with Gasteiger partial charge in [-0.25, -0.2) is 0 Å². The maximum atomic E-state index is 6.20. The van der Waals surface area contributed by atoms with Gasteiger partial charge in [0.25, 0.3) is 0 Å². The molecule has 3 nitrogen and oxygen atoms in total. The molecule has 1 atom stereocenters. The number of nitrogens with two attached hydrogens (primary N) is 1. The fourth-order valence-electron chi connectivity index (χ4n) is 1.81. The van der Waals surface area contributed by atoms with Crippen molar-refractivity contribution in [2.24, 2.45) is 0 Å². The molecule has 0 aliphatic rings. The van der Waals surface area contributed by atoms with Gasteiger partial charge in [0.1, 0.15) is 0 Å². The number of hydrogen-bond acceptors (Lipinski definition) is 3. The van der Waals surface area contributed by atoms with E-state index in [4.69, 9.17) is 33.5 Å². The average molecular weight is 285 g/mol. The van der Waals surface area contributed by atoms with Gasteiger partial charge < -0.3 is 10.3 Å². The van der Waals surface area contributed by atoms with E-state index in [1.807, 2.05) is 6.07 Å². The molecule has 1 aromatic heterocycles. The van der Waals surface area contributed by atoms with Gasteiger partial charge in [-0.1, -0.05) is 48.3 Å². The van der Waals surface area contributed by atoms with E-state index >= 15 is 0 Å². The number of rotatable bonds is 3. The van der Waals surface area contributed by atoms with Crippen LogP contribution in [-0.2, 0) is 0 Å². The van der Waals surface area contributed by atoms with Crippen LogP contribution in [-0.4, -0.2) is 5.16 Å². The molecule has 1 aromatic carbocycles. The lowest BCUT2D eigenvalue weighted by Crippen LogP contribution is -1.96. The molecule has 0 saturated heterocycles. The monoisotopic (exact) mass is 284 g/mol. The molecule has 96 valence electrons. The Kier molecular flexibility index (Phi) is 3.83. The molecule has 2 N–H and O–H groups in total. The fraction of sp³-hybridized carbons (Fsp3) is 0.308. The van der Waals surface area contributed by atoms with Crippen LogP contribution in [0.4, 0.5) is 5.88 Å². The minimum atomic E-state index is 0.257. The second-order valence-electron chi connectivity index (χ2n) is 4.24. The fourth-order valence-corrected chi connectivity index (χ4v) is 2.31. The molecule has 1 heterocycles. The topological polar surface area (TPSA) is 52.0 Å². The Morgan fingerprint density at radius 1 is 1.39 bits per heavy atom. The summed E-state index contributed by atoms with van der Waals surface area (Å²) in [6.07, 6.45) is 0.949. The molecule has 0 spiro atoms. The predicted molar refractivity (Wildman–Crippen MR) is 75.1 cm³/mol. The van der Waals surface area contributed by atoms with Gasteiger partial charge in [0.05, 0.1) is 16.3 Å². The van der Waals surface area contributed by atoms with Crippen molar-refractivity contribution in [1.29, 1.82) is 0 Å². The maximum Gasteiger partial charge on any atom is 0.230 e. The van der Waals surface area contributed by atoms with E-state index in [0.29, 0.717) is 10.0 Å². The van der Waals surface area contributed by atoms with Gasteiger partial charge in [-0.05, 0) is 18.6 Å². The van der Waals surface area contributed by atoms with Crippen LogP contribution in [0.25, 0.3) is 11.1 Å². The van der Waals surface area contributed by atoms with E-state index < -0.39 is 0 Å². The van der Waals surface area contributed by atoms with Crippen molar-refractivity contribution in [3.63, 3.8) is 0 Å². The summed E-state index contributed by atoms with van der Waals surface area (Å²) >= 11 is 12.1. The summed E-state index contributed by atoms with van der Waals surface area (Å²) in [4.78, 5) is 0. The number of nitrogens with zero attached hydrogens (tertiary/aromatic N) is 1. The zero-order chi connectivity index (χ0) is 13.3. The minimum Gasteiger partial charge on any atom is -0.367 e. The standard InChI is InChI=1S/C13H14Cl2N2O/c1-3-7(2)12-11(13(16)18-17-12)9-5-4-8(14)6-10(9)15/h4-7H,3,16H2,1-2H3. The molecule has 0 radical (unpaired) electrons. The van der Waals surface area contributed by atoms with E-state index in [1.54, 1.807) is 12.1 Å². The number of hydrogen-bond donors (Lipinski definition) is 1. The number of benzene rings is 1. The quantitative estimate of drug-likeness (QED) is 0.885. The summed E-state index contributed by atoms with van der Waals surface area (Å²) < 4.78 is 5.09. The first-order valence-electron chi connectivity index (χ1n) is 5.75. The van der Waals surface area contributed by atoms with Gasteiger partial charge in [0, 0.05) is 16.5 Å². The van der Waals surface area contributed by atoms with Crippen molar-refractivity contribution >= 4 is 29.1 Å². The SMILES string of the molecule is CCC(C)c1noc(N)c1-c1ccc(Cl)cc1Cl. The van der Waals surface area contributed by atoms with Gasteiger partial charge in [-0.15, -0.1) is 0 Å². The molecule has 0 aliphatic carbocycles. The summed E-state index contributed by atoms with van der Waals surface area (Å²) in [7, 11) is 0. The Bertz CT molecular complexity index is 566.